The Labute approximate surface area is 86.6 Å². The zero-order chi connectivity index (χ0) is 10.2. The monoisotopic (exact) mass is 198 g/mol. The van der Waals surface area contributed by atoms with Crippen LogP contribution in [0.4, 0.5) is 0 Å². The summed E-state index contributed by atoms with van der Waals surface area (Å²) in [5, 5.41) is 0. The second-order valence-corrected chi connectivity index (χ2v) is 5.05. The lowest BCUT2D eigenvalue weighted by molar-refractivity contribution is 0.0768. The molecule has 2 aliphatic rings. The van der Waals surface area contributed by atoms with Crippen LogP contribution >= 0.6 is 0 Å². The molecule has 2 atom stereocenters. The van der Waals surface area contributed by atoms with Crippen molar-refractivity contribution < 1.29 is 4.74 Å². The van der Waals surface area contributed by atoms with Crippen LogP contribution in [-0.4, -0.2) is 43.8 Å². The van der Waals surface area contributed by atoms with Crippen LogP contribution in [0.1, 0.15) is 26.2 Å². The average molecular weight is 198 g/mol. The molecule has 0 aromatic rings. The number of nitrogens with zero attached hydrogens (tertiary/aromatic N) is 1. The van der Waals surface area contributed by atoms with E-state index in [1.807, 2.05) is 0 Å². The highest BCUT2D eigenvalue weighted by Crippen LogP contribution is 2.45. The lowest BCUT2D eigenvalue weighted by Crippen LogP contribution is -2.41. The Balaban J connectivity index is 1.85. The molecule has 3 nitrogen and oxygen atoms in total. The van der Waals surface area contributed by atoms with E-state index in [4.69, 9.17) is 10.5 Å². The van der Waals surface area contributed by atoms with Crippen LogP contribution in [0.3, 0.4) is 0 Å². The summed E-state index contributed by atoms with van der Waals surface area (Å²) >= 11 is 0. The Bertz CT molecular complexity index is 203. The summed E-state index contributed by atoms with van der Waals surface area (Å²) in [5.41, 5.74) is 6.25. The van der Waals surface area contributed by atoms with Gasteiger partial charge in [-0.05, 0) is 45.2 Å². The van der Waals surface area contributed by atoms with Gasteiger partial charge < -0.3 is 15.4 Å². The van der Waals surface area contributed by atoms with E-state index in [1.165, 1.54) is 19.3 Å². The van der Waals surface area contributed by atoms with Crippen molar-refractivity contribution in [1.29, 1.82) is 0 Å². The first kappa shape index (κ1) is 10.4. The van der Waals surface area contributed by atoms with E-state index in [-0.39, 0.29) is 0 Å². The zero-order valence-corrected chi connectivity index (χ0v) is 9.33. The standard InChI is InChI=1S/C11H22N2O/c1-9-10(3-6-14-9)13(2)8-11(7-12)4-5-11/h9-10H,3-8,12H2,1-2H3. The number of nitrogens with two attached hydrogens (primary N) is 1. The van der Waals surface area contributed by atoms with Gasteiger partial charge in [0.25, 0.3) is 0 Å². The molecule has 2 rings (SSSR count). The van der Waals surface area contributed by atoms with Crippen molar-refractivity contribution in [2.45, 2.75) is 38.3 Å². The minimum absolute atomic E-state index is 0.397. The maximum Gasteiger partial charge on any atom is 0.0702 e. The van der Waals surface area contributed by atoms with Crippen molar-refractivity contribution in [2.75, 3.05) is 26.7 Å². The number of hydrogen-bond acceptors (Lipinski definition) is 3. The maximum absolute atomic E-state index is 5.79. The second-order valence-electron chi connectivity index (χ2n) is 5.05. The molecule has 82 valence electrons. The van der Waals surface area contributed by atoms with E-state index < -0.39 is 0 Å². The average Bonchev–Trinajstić information content (AvgIpc) is 2.80. The van der Waals surface area contributed by atoms with E-state index in [2.05, 4.69) is 18.9 Å². The predicted molar refractivity (Wildman–Crippen MR) is 57.2 cm³/mol. The summed E-state index contributed by atoms with van der Waals surface area (Å²) in [4.78, 5) is 2.46. The lowest BCUT2D eigenvalue weighted by Gasteiger charge is -2.30. The molecule has 14 heavy (non-hydrogen) atoms. The van der Waals surface area contributed by atoms with Crippen molar-refractivity contribution >= 4 is 0 Å². The third-order valence-corrected chi connectivity index (χ3v) is 3.88. The smallest absolute Gasteiger partial charge is 0.0702 e. The Kier molecular flexibility index (Phi) is 2.82. The largest absolute Gasteiger partial charge is 0.377 e. The zero-order valence-electron chi connectivity index (χ0n) is 9.33. The Hall–Kier alpha value is -0.120. The van der Waals surface area contributed by atoms with Gasteiger partial charge in [0.1, 0.15) is 0 Å². The topological polar surface area (TPSA) is 38.5 Å². The van der Waals surface area contributed by atoms with Crippen molar-refractivity contribution in [3.05, 3.63) is 0 Å². The molecule has 1 aliphatic heterocycles. The highest BCUT2D eigenvalue weighted by Gasteiger charge is 2.43. The minimum atomic E-state index is 0.397. The first-order valence-corrected chi connectivity index (χ1v) is 5.69. The third-order valence-electron chi connectivity index (χ3n) is 3.88. The summed E-state index contributed by atoms with van der Waals surface area (Å²) in [5.74, 6) is 0. The van der Waals surface area contributed by atoms with Crippen LogP contribution in [0, 0.1) is 5.41 Å². The first-order chi connectivity index (χ1) is 6.67. The summed E-state index contributed by atoms with van der Waals surface area (Å²) in [7, 11) is 2.21. The van der Waals surface area contributed by atoms with E-state index in [0.29, 0.717) is 17.6 Å². The molecule has 1 saturated carbocycles. The molecule has 0 bridgehead atoms. The lowest BCUT2D eigenvalue weighted by atomic mass is 10.0. The normalized spacial score (nSPS) is 35.1. The minimum Gasteiger partial charge on any atom is -0.377 e. The quantitative estimate of drug-likeness (QED) is 0.727. The van der Waals surface area contributed by atoms with Gasteiger partial charge in [0.15, 0.2) is 0 Å². The Morgan fingerprint density at radius 1 is 1.50 bits per heavy atom. The molecule has 1 saturated heterocycles. The summed E-state index contributed by atoms with van der Waals surface area (Å²) in [6.45, 7) is 5.10. The molecule has 0 amide bonds. The fourth-order valence-electron chi connectivity index (χ4n) is 2.55. The molecule has 2 N–H and O–H groups in total. The van der Waals surface area contributed by atoms with Crippen LogP contribution in [-0.2, 0) is 4.74 Å². The number of hydrogen-bond donors (Lipinski definition) is 1. The van der Waals surface area contributed by atoms with Gasteiger partial charge in [-0.1, -0.05) is 0 Å². The van der Waals surface area contributed by atoms with Crippen LogP contribution in [0.2, 0.25) is 0 Å². The second kappa shape index (κ2) is 3.80. The van der Waals surface area contributed by atoms with Gasteiger partial charge in [-0.15, -0.1) is 0 Å². The van der Waals surface area contributed by atoms with Crippen molar-refractivity contribution in [2.24, 2.45) is 11.1 Å². The predicted octanol–water partition coefficient (Wildman–Crippen LogP) is 0.834. The van der Waals surface area contributed by atoms with Crippen LogP contribution in [0.15, 0.2) is 0 Å². The van der Waals surface area contributed by atoms with Crippen molar-refractivity contribution in [1.82, 2.24) is 4.90 Å². The maximum atomic E-state index is 5.79. The molecule has 0 aromatic carbocycles. The molecule has 2 unspecified atom stereocenters. The third kappa shape index (κ3) is 1.95. The first-order valence-electron chi connectivity index (χ1n) is 5.69. The van der Waals surface area contributed by atoms with Crippen LogP contribution in [0.25, 0.3) is 0 Å². The molecule has 2 fully saturated rings. The molecule has 1 aliphatic carbocycles. The molecular weight excluding hydrogens is 176 g/mol. The number of rotatable bonds is 4. The van der Waals surface area contributed by atoms with Gasteiger partial charge in [-0.25, -0.2) is 0 Å². The number of ether oxygens (including phenoxy) is 1. The summed E-state index contributed by atoms with van der Waals surface area (Å²) < 4.78 is 5.58. The van der Waals surface area contributed by atoms with Crippen molar-refractivity contribution in [3.8, 4) is 0 Å². The van der Waals surface area contributed by atoms with Crippen LogP contribution in [0.5, 0.6) is 0 Å². The van der Waals surface area contributed by atoms with E-state index in [0.717, 1.165) is 19.7 Å². The summed E-state index contributed by atoms with van der Waals surface area (Å²) in [6, 6.07) is 0.610. The highest BCUT2D eigenvalue weighted by atomic mass is 16.5. The van der Waals surface area contributed by atoms with Gasteiger partial charge in [0.05, 0.1) is 6.10 Å². The number of likely N-dealkylation sites (N-methyl/N-ethyl adjacent to an activating group) is 1. The fourth-order valence-corrected chi connectivity index (χ4v) is 2.55. The SMILES string of the molecule is CC1OCCC1N(C)CC1(CN)CC1. The van der Waals surface area contributed by atoms with Gasteiger partial charge in [0.2, 0.25) is 0 Å². The van der Waals surface area contributed by atoms with Gasteiger partial charge in [0, 0.05) is 19.2 Å². The van der Waals surface area contributed by atoms with Crippen LogP contribution < -0.4 is 5.73 Å². The Morgan fingerprint density at radius 3 is 2.64 bits per heavy atom. The summed E-state index contributed by atoms with van der Waals surface area (Å²) in [6.07, 6.45) is 4.21. The van der Waals surface area contributed by atoms with E-state index in [1.54, 1.807) is 0 Å². The highest BCUT2D eigenvalue weighted by molar-refractivity contribution is 4.97. The van der Waals surface area contributed by atoms with Crippen molar-refractivity contribution in [3.63, 3.8) is 0 Å². The van der Waals surface area contributed by atoms with Gasteiger partial charge in [-0.2, -0.15) is 0 Å². The molecule has 1 heterocycles. The van der Waals surface area contributed by atoms with Gasteiger partial charge in [-0.3, -0.25) is 0 Å². The molecular formula is C11H22N2O. The molecule has 0 aromatic heterocycles. The van der Waals surface area contributed by atoms with E-state index >= 15 is 0 Å². The molecule has 0 radical (unpaired) electrons. The Morgan fingerprint density at radius 2 is 2.21 bits per heavy atom. The van der Waals surface area contributed by atoms with E-state index in [9.17, 15) is 0 Å². The molecule has 3 heteroatoms. The van der Waals surface area contributed by atoms with Gasteiger partial charge >= 0.3 is 0 Å². The fraction of sp³-hybridized carbons (Fsp3) is 1.00. The molecule has 0 spiro atoms.